The Bertz CT molecular complexity index is 898. The topological polar surface area (TPSA) is 63.1 Å². The van der Waals surface area contributed by atoms with Crippen molar-refractivity contribution in [2.75, 3.05) is 26.2 Å². The van der Waals surface area contributed by atoms with Gasteiger partial charge in [-0.1, -0.05) is 31.2 Å². The lowest BCUT2D eigenvalue weighted by molar-refractivity contribution is 0.0678. The number of thiophene rings is 1. The van der Waals surface area contributed by atoms with Gasteiger partial charge in [-0.2, -0.15) is 0 Å². The Hall–Kier alpha value is -2.51. The third-order valence-electron chi connectivity index (χ3n) is 5.13. The summed E-state index contributed by atoms with van der Waals surface area (Å²) in [6.45, 7) is 5.68. The van der Waals surface area contributed by atoms with Gasteiger partial charge in [0, 0.05) is 13.1 Å². The molecule has 0 bridgehead atoms. The quantitative estimate of drug-likeness (QED) is 0.694. The summed E-state index contributed by atoms with van der Waals surface area (Å²) in [7, 11) is 0. The van der Waals surface area contributed by atoms with Crippen LogP contribution in [0.4, 0.5) is 0 Å². The van der Waals surface area contributed by atoms with E-state index < -0.39 is 0 Å². The first-order valence-corrected chi connectivity index (χ1v) is 10.7. The lowest BCUT2D eigenvalue weighted by Gasteiger charge is -2.31. The summed E-state index contributed by atoms with van der Waals surface area (Å²) in [6.07, 6.45) is 2.05. The minimum atomic E-state index is -0.0746. The number of nitrogens with one attached hydrogen (secondary N) is 1. The van der Waals surface area contributed by atoms with Gasteiger partial charge in [0.25, 0.3) is 5.91 Å². The molecular weight excluding hydrogens is 370 g/mol. The van der Waals surface area contributed by atoms with Gasteiger partial charge in [0.05, 0.1) is 10.6 Å². The molecule has 1 aliphatic rings. The smallest absolute Gasteiger partial charge is 0.293 e. The summed E-state index contributed by atoms with van der Waals surface area (Å²) in [4.78, 5) is 20.6. The summed E-state index contributed by atoms with van der Waals surface area (Å²) in [5.74, 6) is 1.55. The zero-order valence-corrected chi connectivity index (χ0v) is 16.9. The Balaban J connectivity index is 1.56. The molecule has 3 aromatic rings. The van der Waals surface area contributed by atoms with Crippen molar-refractivity contribution in [3.8, 4) is 16.4 Å². The van der Waals surface area contributed by atoms with E-state index in [0.717, 1.165) is 49.6 Å². The molecule has 0 aliphatic carbocycles. The van der Waals surface area contributed by atoms with Gasteiger partial charge in [-0.3, -0.25) is 4.79 Å². The molecule has 146 valence electrons. The van der Waals surface area contributed by atoms with Crippen molar-refractivity contribution in [3.05, 3.63) is 53.7 Å². The number of likely N-dealkylation sites (tertiary alicyclic amines) is 1. The number of nitrogens with zero attached hydrogens (tertiary/aromatic N) is 4. The molecule has 6 nitrogen and oxygen atoms in total. The number of carbonyl (C=O) groups excluding carboxylic acids is 1. The zero-order valence-electron chi connectivity index (χ0n) is 16.0. The Morgan fingerprint density at radius 3 is 2.64 bits per heavy atom. The number of carbonyl (C=O) groups is 1. The largest absolute Gasteiger partial charge is 0.336 e. The number of hydrogen-bond donors (Lipinski definition) is 1. The second kappa shape index (κ2) is 8.67. The van der Waals surface area contributed by atoms with Gasteiger partial charge in [0.1, 0.15) is 0 Å². The van der Waals surface area contributed by atoms with E-state index in [1.165, 1.54) is 0 Å². The summed E-state index contributed by atoms with van der Waals surface area (Å²) >= 11 is 1.60. The molecule has 0 saturated carbocycles. The first kappa shape index (κ1) is 18.8. The molecule has 1 fully saturated rings. The van der Waals surface area contributed by atoms with Gasteiger partial charge in [0.2, 0.25) is 5.82 Å². The highest BCUT2D eigenvalue weighted by molar-refractivity contribution is 7.13. The van der Waals surface area contributed by atoms with Gasteiger partial charge in [-0.05, 0) is 55.4 Å². The van der Waals surface area contributed by atoms with Crippen molar-refractivity contribution in [2.45, 2.75) is 19.8 Å². The van der Waals surface area contributed by atoms with Crippen LogP contribution in [0.3, 0.4) is 0 Å². The SMILES string of the molecule is CCNCC1CCN(C(=O)c2nc(-c3cccs3)n(-c3ccccc3)n2)CC1. The van der Waals surface area contributed by atoms with E-state index in [1.807, 2.05) is 52.7 Å². The average molecular weight is 396 g/mol. The van der Waals surface area contributed by atoms with E-state index in [-0.39, 0.29) is 11.7 Å². The monoisotopic (exact) mass is 395 g/mol. The molecule has 1 aromatic carbocycles. The maximum Gasteiger partial charge on any atom is 0.293 e. The minimum Gasteiger partial charge on any atom is -0.336 e. The number of amides is 1. The average Bonchev–Trinajstić information content (AvgIpc) is 3.42. The molecule has 1 aliphatic heterocycles. The second-order valence-corrected chi connectivity index (χ2v) is 7.97. The lowest BCUT2D eigenvalue weighted by atomic mass is 9.97. The molecule has 7 heteroatoms. The Labute approximate surface area is 169 Å². The maximum absolute atomic E-state index is 13.1. The first-order valence-electron chi connectivity index (χ1n) is 9.82. The van der Waals surface area contributed by atoms with Crippen LogP contribution in [-0.4, -0.2) is 51.8 Å². The fourth-order valence-electron chi connectivity index (χ4n) is 3.55. The highest BCUT2D eigenvalue weighted by atomic mass is 32.1. The van der Waals surface area contributed by atoms with E-state index in [2.05, 4.69) is 22.3 Å². The predicted molar refractivity (Wildman–Crippen MR) is 112 cm³/mol. The summed E-state index contributed by atoms with van der Waals surface area (Å²) in [5.41, 5.74) is 0.904. The Morgan fingerprint density at radius 1 is 1.18 bits per heavy atom. The third-order valence-corrected chi connectivity index (χ3v) is 5.99. The number of rotatable bonds is 6. The van der Waals surface area contributed by atoms with Crippen LogP contribution >= 0.6 is 11.3 Å². The van der Waals surface area contributed by atoms with E-state index >= 15 is 0 Å². The number of hydrogen-bond acceptors (Lipinski definition) is 5. The van der Waals surface area contributed by atoms with Crippen molar-refractivity contribution in [3.63, 3.8) is 0 Å². The molecular formula is C21H25N5OS. The molecule has 1 saturated heterocycles. The minimum absolute atomic E-state index is 0.0746. The van der Waals surface area contributed by atoms with Crippen LogP contribution in [0.2, 0.25) is 0 Å². The zero-order chi connectivity index (χ0) is 19.3. The van der Waals surface area contributed by atoms with Gasteiger partial charge in [-0.25, -0.2) is 9.67 Å². The fraction of sp³-hybridized carbons (Fsp3) is 0.381. The molecule has 0 radical (unpaired) electrons. The molecule has 4 rings (SSSR count). The maximum atomic E-state index is 13.1. The lowest BCUT2D eigenvalue weighted by Crippen LogP contribution is -2.41. The molecule has 3 heterocycles. The summed E-state index contributed by atoms with van der Waals surface area (Å²) < 4.78 is 1.77. The third kappa shape index (κ3) is 4.00. The molecule has 0 unspecified atom stereocenters. The van der Waals surface area contributed by atoms with Crippen molar-refractivity contribution in [2.24, 2.45) is 5.92 Å². The van der Waals surface area contributed by atoms with Crippen LogP contribution in [0.25, 0.3) is 16.4 Å². The summed E-state index contributed by atoms with van der Waals surface area (Å²) in [5, 5.41) is 10.0. The van der Waals surface area contributed by atoms with Crippen LogP contribution in [-0.2, 0) is 0 Å². The van der Waals surface area contributed by atoms with Gasteiger partial charge in [-0.15, -0.1) is 16.4 Å². The van der Waals surface area contributed by atoms with Gasteiger partial charge in [0.15, 0.2) is 5.82 Å². The molecule has 1 amide bonds. The standard InChI is InChI=1S/C21H25N5OS/c1-2-22-15-16-10-12-25(13-11-16)21(27)19-23-20(18-9-6-14-28-18)26(24-19)17-7-4-3-5-8-17/h3-9,14,16,22H,2,10-13,15H2,1H3. The van der Waals surface area contributed by atoms with Crippen LogP contribution in [0, 0.1) is 5.92 Å². The highest BCUT2D eigenvalue weighted by Gasteiger charge is 2.27. The van der Waals surface area contributed by atoms with Crippen molar-refractivity contribution < 1.29 is 4.79 Å². The van der Waals surface area contributed by atoms with E-state index in [9.17, 15) is 4.79 Å². The molecule has 0 atom stereocenters. The summed E-state index contributed by atoms with van der Waals surface area (Å²) in [6, 6.07) is 13.8. The van der Waals surface area contributed by atoms with E-state index in [4.69, 9.17) is 0 Å². The normalized spacial score (nSPS) is 15.1. The van der Waals surface area contributed by atoms with Crippen molar-refractivity contribution >= 4 is 17.2 Å². The number of aromatic nitrogens is 3. The van der Waals surface area contributed by atoms with Crippen LogP contribution < -0.4 is 5.32 Å². The number of para-hydroxylation sites is 1. The van der Waals surface area contributed by atoms with Crippen molar-refractivity contribution in [1.82, 2.24) is 25.0 Å². The second-order valence-electron chi connectivity index (χ2n) is 7.03. The van der Waals surface area contributed by atoms with E-state index in [1.54, 1.807) is 16.0 Å². The van der Waals surface area contributed by atoms with E-state index in [0.29, 0.717) is 11.7 Å². The van der Waals surface area contributed by atoms with Crippen LogP contribution in [0.1, 0.15) is 30.4 Å². The molecule has 28 heavy (non-hydrogen) atoms. The number of benzene rings is 1. The van der Waals surface area contributed by atoms with Crippen LogP contribution in [0.15, 0.2) is 47.8 Å². The van der Waals surface area contributed by atoms with Gasteiger partial charge >= 0.3 is 0 Å². The fourth-order valence-corrected chi connectivity index (χ4v) is 4.25. The molecule has 0 spiro atoms. The Kier molecular flexibility index (Phi) is 5.83. The van der Waals surface area contributed by atoms with Crippen molar-refractivity contribution in [1.29, 1.82) is 0 Å². The van der Waals surface area contributed by atoms with Gasteiger partial charge < -0.3 is 10.2 Å². The highest BCUT2D eigenvalue weighted by Crippen LogP contribution is 2.26. The molecule has 2 aromatic heterocycles. The Morgan fingerprint density at radius 2 is 1.96 bits per heavy atom. The van der Waals surface area contributed by atoms with Crippen LogP contribution in [0.5, 0.6) is 0 Å². The predicted octanol–water partition coefficient (Wildman–Crippen LogP) is 3.46. The molecule has 1 N–H and O–H groups in total. The number of piperidine rings is 1. The first-order chi connectivity index (χ1) is 13.8.